The summed E-state index contributed by atoms with van der Waals surface area (Å²) in [6.07, 6.45) is 18.8. The molecule has 8 atom stereocenters. The van der Waals surface area contributed by atoms with E-state index in [4.69, 9.17) is 5.73 Å². The SMILES string of the molecule is CCC(C=CC(C)C1CCC2C3CC=C4C/C(=N/NC(N)=O)CCC4(C)C3CCC12C)C(C)C. The Morgan fingerprint density at radius 3 is 2.62 bits per heavy atom. The quantitative estimate of drug-likeness (QED) is 0.309. The number of fused-ring (bicyclic) bond motifs is 5. The van der Waals surface area contributed by atoms with Crippen LogP contribution in [-0.2, 0) is 0 Å². The highest BCUT2D eigenvalue weighted by molar-refractivity contribution is 5.89. The number of hydrogen-bond acceptors (Lipinski definition) is 2. The minimum absolute atomic E-state index is 0.297. The van der Waals surface area contributed by atoms with Crippen molar-refractivity contribution in [1.82, 2.24) is 5.43 Å². The van der Waals surface area contributed by atoms with Gasteiger partial charge in [-0.05, 0) is 104 Å². The highest BCUT2D eigenvalue weighted by atomic mass is 16.2. The first-order chi connectivity index (χ1) is 16.1. The number of nitrogens with one attached hydrogen (secondary N) is 1. The lowest BCUT2D eigenvalue weighted by atomic mass is 9.47. The fourth-order valence-electron chi connectivity index (χ4n) is 8.90. The molecule has 0 bridgehead atoms. The molecular formula is C30H49N3O. The first kappa shape index (κ1) is 25.5. The summed E-state index contributed by atoms with van der Waals surface area (Å²) in [4.78, 5) is 11.1. The maximum atomic E-state index is 11.1. The maximum Gasteiger partial charge on any atom is 0.332 e. The van der Waals surface area contributed by atoms with Crippen molar-refractivity contribution in [3.8, 4) is 0 Å². The zero-order chi connectivity index (χ0) is 24.7. The van der Waals surface area contributed by atoms with E-state index >= 15 is 0 Å². The van der Waals surface area contributed by atoms with Gasteiger partial charge < -0.3 is 5.73 Å². The van der Waals surface area contributed by atoms with Crippen LogP contribution in [0.3, 0.4) is 0 Å². The van der Waals surface area contributed by atoms with Gasteiger partial charge in [0.15, 0.2) is 0 Å². The monoisotopic (exact) mass is 467 g/mol. The van der Waals surface area contributed by atoms with Crippen molar-refractivity contribution in [3.63, 3.8) is 0 Å². The molecule has 3 N–H and O–H groups in total. The number of urea groups is 1. The van der Waals surface area contributed by atoms with Crippen molar-refractivity contribution in [2.45, 2.75) is 99.3 Å². The van der Waals surface area contributed by atoms with Crippen LogP contribution < -0.4 is 11.2 Å². The van der Waals surface area contributed by atoms with Crippen molar-refractivity contribution in [1.29, 1.82) is 0 Å². The summed E-state index contributed by atoms with van der Waals surface area (Å²) in [6.45, 7) is 14.7. The van der Waals surface area contributed by atoms with E-state index in [0.29, 0.717) is 22.7 Å². The Bertz CT molecular complexity index is 857. The Morgan fingerprint density at radius 1 is 1.18 bits per heavy atom. The van der Waals surface area contributed by atoms with Gasteiger partial charge in [0.25, 0.3) is 0 Å². The third-order valence-electron chi connectivity index (χ3n) is 11.0. The minimum atomic E-state index is -0.570. The van der Waals surface area contributed by atoms with E-state index in [1.807, 2.05) is 0 Å². The summed E-state index contributed by atoms with van der Waals surface area (Å²) in [5.41, 5.74) is 11.1. The fourth-order valence-corrected chi connectivity index (χ4v) is 8.90. The molecule has 190 valence electrons. The molecule has 0 radical (unpaired) electrons. The normalized spacial score (nSPS) is 40.4. The van der Waals surface area contributed by atoms with Gasteiger partial charge in [0.2, 0.25) is 0 Å². The number of carbonyl (C=O) groups is 1. The molecule has 4 nitrogen and oxygen atoms in total. The molecule has 0 saturated heterocycles. The number of hydrogen-bond donors (Lipinski definition) is 2. The van der Waals surface area contributed by atoms with Gasteiger partial charge in [0.05, 0.1) is 0 Å². The lowest BCUT2D eigenvalue weighted by Crippen LogP contribution is -2.50. The van der Waals surface area contributed by atoms with Crippen molar-refractivity contribution in [2.75, 3.05) is 0 Å². The lowest BCUT2D eigenvalue weighted by Gasteiger charge is -2.58. The van der Waals surface area contributed by atoms with E-state index in [-0.39, 0.29) is 0 Å². The van der Waals surface area contributed by atoms with Crippen LogP contribution in [0.15, 0.2) is 28.9 Å². The molecule has 4 heteroatoms. The third-order valence-corrected chi connectivity index (χ3v) is 11.0. The second-order valence-corrected chi connectivity index (χ2v) is 12.9. The third kappa shape index (κ3) is 4.51. The van der Waals surface area contributed by atoms with Crippen LogP contribution >= 0.6 is 0 Å². The summed E-state index contributed by atoms with van der Waals surface area (Å²) >= 11 is 0. The lowest BCUT2D eigenvalue weighted by molar-refractivity contribution is -0.0428. The highest BCUT2D eigenvalue weighted by Gasteiger charge is 2.58. The number of nitrogens with two attached hydrogens (primary N) is 1. The molecule has 8 unspecified atom stereocenters. The summed E-state index contributed by atoms with van der Waals surface area (Å²) in [5, 5.41) is 4.29. The van der Waals surface area contributed by atoms with Crippen molar-refractivity contribution in [3.05, 3.63) is 23.8 Å². The minimum Gasteiger partial charge on any atom is -0.350 e. The van der Waals surface area contributed by atoms with E-state index in [1.165, 1.54) is 38.5 Å². The number of carbonyl (C=O) groups excluding carboxylic acids is 1. The number of hydrazone groups is 1. The fraction of sp³-hybridized carbons (Fsp3) is 0.800. The zero-order valence-electron chi connectivity index (χ0n) is 22.6. The average Bonchev–Trinajstić information content (AvgIpc) is 3.15. The first-order valence-electron chi connectivity index (χ1n) is 14.1. The molecule has 4 rings (SSSR count). The van der Waals surface area contributed by atoms with Crippen LogP contribution in [0.1, 0.15) is 99.3 Å². The number of primary amides is 1. The van der Waals surface area contributed by atoms with E-state index in [1.54, 1.807) is 5.57 Å². The molecule has 0 aromatic carbocycles. The van der Waals surface area contributed by atoms with E-state index in [0.717, 1.165) is 54.6 Å². The molecular weight excluding hydrogens is 418 g/mol. The second-order valence-electron chi connectivity index (χ2n) is 12.9. The molecule has 0 aromatic rings. The smallest absolute Gasteiger partial charge is 0.332 e. The van der Waals surface area contributed by atoms with Gasteiger partial charge in [0.1, 0.15) is 0 Å². The van der Waals surface area contributed by atoms with E-state index in [9.17, 15) is 4.79 Å². The molecule has 0 spiro atoms. The molecule has 4 aliphatic rings. The predicted molar refractivity (Wildman–Crippen MR) is 142 cm³/mol. The number of nitrogens with zero attached hydrogens (tertiary/aromatic N) is 1. The van der Waals surface area contributed by atoms with E-state index < -0.39 is 6.03 Å². The molecule has 2 amide bonds. The Kier molecular flexibility index (Phi) is 7.37. The van der Waals surface area contributed by atoms with Crippen LogP contribution in [0.2, 0.25) is 0 Å². The van der Waals surface area contributed by atoms with Gasteiger partial charge in [-0.25, -0.2) is 10.2 Å². The largest absolute Gasteiger partial charge is 0.350 e. The summed E-state index contributed by atoms with van der Waals surface area (Å²) in [6, 6.07) is -0.570. The van der Waals surface area contributed by atoms with Crippen LogP contribution in [-0.4, -0.2) is 11.7 Å². The van der Waals surface area contributed by atoms with Gasteiger partial charge in [-0.1, -0.05) is 65.3 Å². The van der Waals surface area contributed by atoms with Gasteiger partial charge in [-0.3, -0.25) is 0 Å². The van der Waals surface area contributed by atoms with Crippen LogP contribution in [0.25, 0.3) is 0 Å². The average molecular weight is 468 g/mol. The van der Waals surface area contributed by atoms with Crippen molar-refractivity contribution in [2.24, 2.45) is 63.1 Å². The van der Waals surface area contributed by atoms with Gasteiger partial charge >= 0.3 is 6.03 Å². The standard InChI is InChI=1S/C30H49N3O/c1-7-21(19(2)3)9-8-20(4)25-12-13-26-24-11-10-22-18-23(32-33-28(31)34)14-16-29(22,5)27(24)15-17-30(25,26)6/h8-10,19-21,24-27H,7,11-18H2,1-6H3,(H3,31,33,34)/b9-8?,32-23+. The zero-order valence-corrected chi connectivity index (χ0v) is 22.6. The highest BCUT2D eigenvalue weighted by Crippen LogP contribution is 2.67. The van der Waals surface area contributed by atoms with Gasteiger partial charge in [-0.15, -0.1) is 0 Å². The molecule has 4 aliphatic carbocycles. The van der Waals surface area contributed by atoms with Gasteiger partial charge in [-0.2, -0.15) is 5.10 Å². The molecule has 34 heavy (non-hydrogen) atoms. The second kappa shape index (κ2) is 9.82. The summed E-state index contributed by atoms with van der Waals surface area (Å²) < 4.78 is 0. The topological polar surface area (TPSA) is 67.5 Å². The number of rotatable bonds is 6. The number of allylic oxidation sites excluding steroid dienone is 4. The molecule has 3 fully saturated rings. The molecule has 0 heterocycles. The molecule has 3 saturated carbocycles. The van der Waals surface area contributed by atoms with Crippen molar-refractivity contribution >= 4 is 11.7 Å². The van der Waals surface area contributed by atoms with E-state index in [2.05, 4.69) is 70.3 Å². The Morgan fingerprint density at radius 2 is 1.94 bits per heavy atom. The molecule has 0 aliphatic heterocycles. The first-order valence-corrected chi connectivity index (χ1v) is 14.1. The van der Waals surface area contributed by atoms with Crippen LogP contribution in [0.5, 0.6) is 0 Å². The Hall–Kier alpha value is -1.58. The van der Waals surface area contributed by atoms with Crippen LogP contribution in [0.4, 0.5) is 4.79 Å². The number of amides is 2. The maximum absolute atomic E-state index is 11.1. The van der Waals surface area contributed by atoms with Gasteiger partial charge in [0, 0.05) is 12.1 Å². The Labute approximate surface area is 208 Å². The summed E-state index contributed by atoms with van der Waals surface area (Å²) in [5.74, 6) is 5.43. The van der Waals surface area contributed by atoms with Crippen LogP contribution in [0, 0.1) is 52.3 Å². The predicted octanol–water partition coefficient (Wildman–Crippen LogP) is 7.46. The molecule has 0 aromatic heterocycles. The Balaban J connectivity index is 1.50. The van der Waals surface area contributed by atoms with Crippen molar-refractivity contribution < 1.29 is 4.79 Å². The summed E-state index contributed by atoms with van der Waals surface area (Å²) in [7, 11) is 0.